The molecule has 0 amide bonds. The molecule has 0 fully saturated rings. The van der Waals surface area contributed by atoms with Crippen molar-refractivity contribution in [2.24, 2.45) is 0 Å². The molecule has 3 aromatic heterocycles. The van der Waals surface area contributed by atoms with Crippen LogP contribution in [0.5, 0.6) is 0 Å². The monoisotopic (exact) mass is 717 g/mol. The zero-order valence-electron chi connectivity index (χ0n) is 25.0. The Hall–Kier alpha value is -4.21. The second-order valence-electron chi connectivity index (χ2n) is 11.0. The van der Waals surface area contributed by atoms with Gasteiger partial charge in [0.1, 0.15) is 5.60 Å². The second-order valence-corrected chi connectivity index (χ2v) is 12.7. The molecule has 0 unspecified atom stereocenters. The number of halogens is 2. The van der Waals surface area contributed by atoms with Crippen LogP contribution in [0, 0.1) is 0 Å². The van der Waals surface area contributed by atoms with Gasteiger partial charge in [0, 0.05) is 77.4 Å². The van der Waals surface area contributed by atoms with Gasteiger partial charge in [-0.2, -0.15) is 0 Å². The van der Waals surface area contributed by atoms with Crippen molar-refractivity contribution in [1.82, 2.24) is 15.0 Å². The van der Waals surface area contributed by atoms with Gasteiger partial charge in [-0.3, -0.25) is 9.59 Å². The number of Topliss-reactive ketones (excluding diaryl/α,β-unsaturated/α-hetero) is 2. The van der Waals surface area contributed by atoms with Crippen LogP contribution in [-0.4, -0.2) is 38.1 Å². The van der Waals surface area contributed by atoms with E-state index in [0.29, 0.717) is 5.56 Å². The summed E-state index contributed by atoms with van der Waals surface area (Å²) in [6, 6.07) is 19.6. The maximum atomic E-state index is 11.7. The lowest BCUT2D eigenvalue weighted by molar-refractivity contribution is -0.148. The smallest absolute Gasteiger partial charge is 0.331 e. The van der Waals surface area contributed by atoms with Crippen molar-refractivity contribution in [2.75, 3.05) is 0 Å². The van der Waals surface area contributed by atoms with Crippen LogP contribution < -0.4 is 0 Å². The van der Waals surface area contributed by atoms with Gasteiger partial charge < -0.3 is 19.7 Å². The number of ketones is 2. The highest BCUT2D eigenvalue weighted by Crippen LogP contribution is 2.27. The number of carbonyl (C=O) groups is 3. The van der Waals surface area contributed by atoms with Crippen LogP contribution in [-0.2, 0) is 9.53 Å². The molecule has 0 saturated carbocycles. The van der Waals surface area contributed by atoms with Gasteiger partial charge in [0.15, 0.2) is 11.6 Å². The normalized spacial score (nSPS) is 11.2. The molecule has 0 bridgehead atoms. The number of esters is 1. The minimum absolute atomic E-state index is 0.0145. The van der Waals surface area contributed by atoms with E-state index >= 15 is 0 Å². The number of hydrogen-bond acceptors (Lipinski definition) is 4. The van der Waals surface area contributed by atoms with Crippen LogP contribution in [0.1, 0.15) is 60.9 Å². The van der Waals surface area contributed by atoms with Crippen LogP contribution in [0.15, 0.2) is 94.3 Å². The van der Waals surface area contributed by atoms with E-state index < -0.39 is 11.6 Å². The largest absolute Gasteiger partial charge is 0.457 e. The topological polar surface area (TPSA) is 108 Å². The average Bonchev–Trinajstić information content (AvgIpc) is 3.71. The Morgan fingerprint density at radius 3 is 1.84 bits per heavy atom. The second kappa shape index (κ2) is 14.1. The highest BCUT2D eigenvalue weighted by Gasteiger charge is 2.15. The van der Waals surface area contributed by atoms with E-state index in [-0.39, 0.29) is 11.6 Å². The number of nitrogens with one attached hydrogen (secondary N) is 3. The van der Waals surface area contributed by atoms with E-state index in [4.69, 9.17) is 4.74 Å². The van der Waals surface area contributed by atoms with Gasteiger partial charge in [-0.1, -0.05) is 56.1 Å². The molecule has 226 valence electrons. The lowest BCUT2D eigenvalue weighted by Gasteiger charge is -2.17. The summed E-state index contributed by atoms with van der Waals surface area (Å²) in [6.07, 6.45) is 8.44. The van der Waals surface area contributed by atoms with E-state index in [1.807, 2.05) is 75.5 Å². The minimum atomic E-state index is -0.522. The summed E-state index contributed by atoms with van der Waals surface area (Å²) in [5, 5.41) is 3.03. The Kier molecular flexibility index (Phi) is 10.4. The SMILES string of the molecule is Brc1cccc2[nH]ccc12.CC(=O)c1c[nH]c2cccc(/C=C/C(=O)OC(C)(C)C)c12.CC(=O)c1c[nH]c2cccc(Br)c12. The van der Waals surface area contributed by atoms with Gasteiger partial charge in [-0.05, 0) is 82.7 Å². The summed E-state index contributed by atoms with van der Waals surface area (Å²) in [4.78, 5) is 43.9. The van der Waals surface area contributed by atoms with Crippen molar-refractivity contribution >= 4 is 88.2 Å². The van der Waals surface area contributed by atoms with Gasteiger partial charge in [-0.15, -0.1) is 0 Å². The summed E-state index contributed by atoms with van der Waals surface area (Å²) >= 11 is 6.88. The highest BCUT2D eigenvalue weighted by atomic mass is 79.9. The highest BCUT2D eigenvalue weighted by molar-refractivity contribution is 9.11. The van der Waals surface area contributed by atoms with Crippen molar-refractivity contribution < 1.29 is 19.1 Å². The molecular formula is C35H33Br2N3O4. The molecule has 3 aromatic carbocycles. The lowest BCUT2D eigenvalue weighted by Crippen LogP contribution is -2.22. The first kappa shape index (κ1) is 32.7. The molecule has 9 heteroatoms. The van der Waals surface area contributed by atoms with Gasteiger partial charge in [0.2, 0.25) is 0 Å². The number of hydrogen-bond donors (Lipinski definition) is 3. The van der Waals surface area contributed by atoms with E-state index in [9.17, 15) is 14.4 Å². The summed E-state index contributed by atoms with van der Waals surface area (Å²) in [5.41, 5.74) is 4.67. The first-order valence-corrected chi connectivity index (χ1v) is 15.4. The van der Waals surface area contributed by atoms with Gasteiger partial charge >= 0.3 is 5.97 Å². The van der Waals surface area contributed by atoms with Crippen LogP contribution in [0.3, 0.4) is 0 Å². The predicted molar refractivity (Wildman–Crippen MR) is 185 cm³/mol. The molecule has 0 spiro atoms. The number of carbonyl (C=O) groups excluding carboxylic acids is 3. The zero-order chi connectivity index (χ0) is 32.0. The van der Waals surface area contributed by atoms with E-state index in [0.717, 1.165) is 41.9 Å². The van der Waals surface area contributed by atoms with Crippen molar-refractivity contribution in [1.29, 1.82) is 0 Å². The zero-order valence-corrected chi connectivity index (χ0v) is 28.2. The number of benzene rings is 3. The Morgan fingerprint density at radius 2 is 1.25 bits per heavy atom. The van der Waals surface area contributed by atoms with Crippen molar-refractivity contribution in [3.05, 3.63) is 111 Å². The Bertz CT molecular complexity index is 1990. The summed E-state index contributed by atoms with van der Waals surface area (Å²) in [6.45, 7) is 8.55. The maximum absolute atomic E-state index is 11.7. The van der Waals surface area contributed by atoms with Gasteiger partial charge in [0.25, 0.3) is 0 Å². The fourth-order valence-corrected chi connectivity index (χ4v) is 5.67. The molecule has 0 aliphatic carbocycles. The standard InChI is InChI=1S/C17H19NO3.C10H8BrNO.C8H6BrN/c1-11(19)13-10-18-14-7-5-6-12(16(13)14)8-9-15(20)21-17(2,3)4;1-6(13)7-5-12-9-4-2-3-8(11)10(7)9;9-7-2-1-3-8-6(7)4-5-10-8/h5-10,18H,1-4H3;2-5,12H,1H3;1-5,10H/b9-8+;;. The molecule has 7 nitrogen and oxygen atoms in total. The fraction of sp³-hybridized carbons (Fsp3) is 0.171. The Balaban J connectivity index is 0.000000163. The molecule has 0 atom stereocenters. The van der Waals surface area contributed by atoms with Crippen LogP contribution in [0.2, 0.25) is 0 Å². The fourth-order valence-electron chi connectivity index (χ4n) is 4.59. The molecule has 44 heavy (non-hydrogen) atoms. The predicted octanol–water partition coefficient (Wildman–Crippen LogP) is 9.79. The number of H-pyrrole nitrogens is 3. The molecule has 0 saturated heterocycles. The average molecular weight is 719 g/mol. The molecule has 3 N–H and O–H groups in total. The van der Waals surface area contributed by atoms with Crippen LogP contribution in [0.4, 0.5) is 0 Å². The number of ether oxygens (including phenoxy) is 1. The number of aromatic amines is 3. The number of rotatable bonds is 4. The molecule has 6 aromatic rings. The number of aromatic nitrogens is 3. The number of fused-ring (bicyclic) bond motifs is 3. The van der Waals surface area contributed by atoms with Crippen molar-refractivity contribution in [3.8, 4) is 0 Å². The van der Waals surface area contributed by atoms with E-state index in [1.165, 1.54) is 23.9 Å². The Labute approximate surface area is 272 Å². The lowest BCUT2D eigenvalue weighted by atomic mass is 10.0. The van der Waals surface area contributed by atoms with Crippen LogP contribution in [0.25, 0.3) is 38.8 Å². The van der Waals surface area contributed by atoms with Crippen molar-refractivity contribution in [2.45, 2.75) is 40.2 Å². The third kappa shape index (κ3) is 8.03. The maximum Gasteiger partial charge on any atom is 0.331 e. The van der Waals surface area contributed by atoms with E-state index in [1.54, 1.807) is 25.4 Å². The first-order chi connectivity index (χ1) is 20.9. The van der Waals surface area contributed by atoms with E-state index in [2.05, 4.69) is 58.9 Å². The summed E-state index contributed by atoms with van der Waals surface area (Å²) in [5.74, 6) is -0.336. The molecule has 6 rings (SSSR count). The molecular weight excluding hydrogens is 686 g/mol. The quantitative estimate of drug-likeness (QED) is 0.0958. The first-order valence-electron chi connectivity index (χ1n) is 13.9. The van der Waals surface area contributed by atoms with Gasteiger partial charge in [-0.25, -0.2) is 4.79 Å². The van der Waals surface area contributed by atoms with Crippen LogP contribution >= 0.6 is 31.9 Å². The molecule has 0 aliphatic rings. The Morgan fingerprint density at radius 1 is 0.705 bits per heavy atom. The molecule has 0 radical (unpaired) electrons. The third-order valence-corrected chi connectivity index (χ3v) is 7.85. The third-order valence-electron chi connectivity index (χ3n) is 6.50. The minimum Gasteiger partial charge on any atom is -0.457 e. The molecule has 0 aliphatic heterocycles. The molecule has 3 heterocycles. The summed E-state index contributed by atoms with van der Waals surface area (Å²) in [7, 11) is 0. The van der Waals surface area contributed by atoms with Gasteiger partial charge in [0.05, 0.1) is 0 Å². The van der Waals surface area contributed by atoms with Crippen molar-refractivity contribution in [3.63, 3.8) is 0 Å². The summed E-state index contributed by atoms with van der Waals surface area (Å²) < 4.78 is 7.33.